The Bertz CT molecular complexity index is 804. The van der Waals surface area contributed by atoms with Gasteiger partial charge in [-0.1, -0.05) is 65.8 Å². The largest absolute Gasteiger partial charge is 0.392 e. The number of benzene rings is 2. The van der Waals surface area contributed by atoms with Crippen LogP contribution in [0.3, 0.4) is 0 Å². The fraction of sp³-hybridized carbons (Fsp3) is 0.318. The lowest BCUT2D eigenvalue weighted by atomic mass is 9.85. The molecule has 4 rings (SSSR count). The lowest BCUT2D eigenvalue weighted by Gasteiger charge is -2.28. The predicted molar refractivity (Wildman–Crippen MR) is 101 cm³/mol. The van der Waals surface area contributed by atoms with Crippen molar-refractivity contribution in [3.8, 4) is 0 Å². The van der Waals surface area contributed by atoms with Gasteiger partial charge in [-0.2, -0.15) is 0 Å². The Labute approximate surface area is 154 Å². The Kier molecular flexibility index (Phi) is 4.87. The van der Waals surface area contributed by atoms with E-state index in [9.17, 15) is 5.11 Å². The second-order valence-corrected chi connectivity index (χ2v) is 7.06. The molecule has 4 nitrogen and oxygen atoms in total. The van der Waals surface area contributed by atoms with E-state index in [1.54, 1.807) is 0 Å². The molecule has 0 unspecified atom stereocenters. The van der Waals surface area contributed by atoms with Crippen molar-refractivity contribution in [3.05, 3.63) is 88.8 Å². The van der Waals surface area contributed by atoms with Gasteiger partial charge in [0, 0.05) is 31.6 Å². The quantitative estimate of drug-likeness (QED) is 0.765. The minimum absolute atomic E-state index is 0.0522. The standard InChI is InChI=1S/C22H24N2O2/c1-16(25)14-24-13-12-20-19(15-24)22(23-26-20)21(17-8-4-2-5-9-17)18-10-6-3-7-11-18/h2-11,16,21,25H,12-15H2,1H3/t16-/m0/s1. The molecule has 1 N–H and O–H groups in total. The first-order valence-electron chi connectivity index (χ1n) is 9.20. The summed E-state index contributed by atoms with van der Waals surface area (Å²) in [7, 11) is 0. The summed E-state index contributed by atoms with van der Waals surface area (Å²) in [6.07, 6.45) is 0.504. The first kappa shape index (κ1) is 17.0. The second kappa shape index (κ2) is 7.44. The zero-order valence-corrected chi connectivity index (χ0v) is 15.0. The zero-order valence-electron chi connectivity index (χ0n) is 15.0. The maximum absolute atomic E-state index is 9.76. The van der Waals surface area contributed by atoms with E-state index in [0.717, 1.165) is 31.0 Å². The molecule has 0 radical (unpaired) electrons. The molecule has 3 aromatic rings. The van der Waals surface area contributed by atoms with Crippen molar-refractivity contribution in [3.63, 3.8) is 0 Å². The molecule has 4 heteroatoms. The molecule has 1 aromatic heterocycles. The Balaban J connectivity index is 1.75. The Morgan fingerprint density at radius 2 is 1.65 bits per heavy atom. The molecule has 26 heavy (non-hydrogen) atoms. The fourth-order valence-electron chi connectivity index (χ4n) is 3.84. The molecule has 1 atom stereocenters. The van der Waals surface area contributed by atoms with Gasteiger partial charge in [0.05, 0.1) is 12.0 Å². The molecule has 2 heterocycles. The number of rotatable bonds is 5. The van der Waals surface area contributed by atoms with Crippen LogP contribution in [0.25, 0.3) is 0 Å². The van der Waals surface area contributed by atoms with Crippen LogP contribution < -0.4 is 0 Å². The van der Waals surface area contributed by atoms with Crippen molar-refractivity contribution in [1.82, 2.24) is 10.1 Å². The van der Waals surface area contributed by atoms with Crippen molar-refractivity contribution >= 4 is 0 Å². The topological polar surface area (TPSA) is 49.5 Å². The first-order chi connectivity index (χ1) is 12.7. The molecule has 0 saturated heterocycles. The van der Waals surface area contributed by atoms with Crippen LogP contribution in [-0.2, 0) is 13.0 Å². The normalized spacial score (nSPS) is 15.8. The maximum atomic E-state index is 9.76. The van der Waals surface area contributed by atoms with E-state index in [4.69, 9.17) is 4.52 Å². The van der Waals surface area contributed by atoms with Crippen molar-refractivity contribution in [2.75, 3.05) is 13.1 Å². The number of aromatic nitrogens is 1. The summed E-state index contributed by atoms with van der Waals surface area (Å²) in [6, 6.07) is 20.9. The van der Waals surface area contributed by atoms with Gasteiger partial charge in [0.15, 0.2) is 0 Å². The summed E-state index contributed by atoms with van der Waals surface area (Å²) in [5.74, 6) is 1.04. The van der Waals surface area contributed by atoms with Crippen LogP contribution in [0.5, 0.6) is 0 Å². The summed E-state index contributed by atoms with van der Waals surface area (Å²) in [4.78, 5) is 2.28. The fourth-order valence-corrected chi connectivity index (χ4v) is 3.84. The second-order valence-electron chi connectivity index (χ2n) is 7.06. The third-order valence-electron chi connectivity index (χ3n) is 5.00. The third-order valence-corrected chi connectivity index (χ3v) is 5.00. The Hall–Kier alpha value is -2.43. The van der Waals surface area contributed by atoms with Crippen LogP contribution in [0.4, 0.5) is 0 Å². The maximum Gasteiger partial charge on any atom is 0.142 e. The number of fused-ring (bicyclic) bond motifs is 1. The SMILES string of the molecule is C[C@H](O)CN1CCc2onc(C(c3ccccc3)c3ccccc3)c2C1. The highest BCUT2D eigenvalue weighted by Gasteiger charge is 2.30. The van der Waals surface area contributed by atoms with E-state index < -0.39 is 0 Å². The molecule has 0 bridgehead atoms. The number of β-amino-alcohol motifs (C(OH)–C–C–N with tert-alkyl or cyclic N) is 1. The number of hydrogen-bond donors (Lipinski definition) is 1. The van der Waals surface area contributed by atoms with Crippen LogP contribution in [0.15, 0.2) is 65.2 Å². The monoisotopic (exact) mass is 348 g/mol. The average Bonchev–Trinajstić information content (AvgIpc) is 3.06. The lowest BCUT2D eigenvalue weighted by Crippen LogP contribution is -2.35. The van der Waals surface area contributed by atoms with Gasteiger partial charge in [-0.3, -0.25) is 4.90 Å². The van der Waals surface area contributed by atoms with Gasteiger partial charge in [-0.15, -0.1) is 0 Å². The summed E-state index contributed by atoms with van der Waals surface area (Å²) in [6.45, 7) is 4.18. The number of aliphatic hydroxyl groups excluding tert-OH is 1. The Morgan fingerprint density at radius 1 is 1.04 bits per heavy atom. The molecule has 134 valence electrons. The average molecular weight is 348 g/mol. The van der Waals surface area contributed by atoms with Crippen LogP contribution in [0.2, 0.25) is 0 Å². The van der Waals surface area contributed by atoms with Gasteiger partial charge in [0.25, 0.3) is 0 Å². The van der Waals surface area contributed by atoms with Gasteiger partial charge in [0.1, 0.15) is 11.5 Å². The minimum Gasteiger partial charge on any atom is -0.392 e. The summed E-state index contributed by atoms with van der Waals surface area (Å²) in [5, 5.41) is 14.3. The predicted octanol–water partition coefficient (Wildman–Crippen LogP) is 3.59. The van der Waals surface area contributed by atoms with Gasteiger partial charge < -0.3 is 9.63 Å². The van der Waals surface area contributed by atoms with Gasteiger partial charge in [-0.25, -0.2) is 0 Å². The molecule has 0 aliphatic carbocycles. The van der Waals surface area contributed by atoms with Crippen molar-refractivity contribution in [2.24, 2.45) is 0 Å². The van der Waals surface area contributed by atoms with E-state index in [2.05, 4.69) is 58.6 Å². The molecule has 0 fully saturated rings. The first-order valence-corrected chi connectivity index (χ1v) is 9.20. The third kappa shape index (κ3) is 3.43. The highest BCUT2D eigenvalue weighted by atomic mass is 16.5. The van der Waals surface area contributed by atoms with E-state index in [0.29, 0.717) is 6.54 Å². The Morgan fingerprint density at radius 3 is 2.23 bits per heavy atom. The molecule has 0 spiro atoms. The zero-order chi connectivity index (χ0) is 17.9. The van der Waals surface area contributed by atoms with Crippen molar-refractivity contribution in [2.45, 2.75) is 31.9 Å². The molecular weight excluding hydrogens is 324 g/mol. The van der Waals surface area contributed by atoms with Crippen molar-refractivity contribution < 1.29 is 9.63 Å². The molecule has 0 amide bonds. The minimum atomic E-state index is -0.334. The molecule has 2 aromatic carbocycles. The lowest BCUT2D eigenvalue weighted by molar-refractivity contribution is 0.116. The van der Waals surface area contributed by atoms with E-state index in [1.807, 2.05) is 19.1 Å². The highest BCUT2D eigenvalue weighted by Crippen LogP contribution is 2.36. The van der Waals surface area contributed by atoms with E-state index in [1.165, 1.54) is 16.7 Å². The summed E-state index contributed by atoms with van der Waals surface area (Å²) < 4.78 is 5.73. The van der Waals surface area contributed by atoms with E-state index in [-0.39, 0.29) is 12.0 Å². The number of nitrogens with zero attached hydrogens (tertiary/aromatic N) is 2. The van der Waals surface area contributed by atoms with Crippen LogP contribution in [0, 0.1) is 0 Å². The van der Waals surface area contributed by atoms with Crippen LogP contribution >= 0.6 is 0 Å². The summed E-state index contributed by atoms with van der Waals surface area (Å²) >= 11 is 0. The molecule has 1 aliphatic heterocycles. The number of aliphatic hydroxyl groups is 1. The molecule has 1 aliphatic rings. The molecule has 0 saturated carbocycles. The van der Waals surface area contributed by atoms with Crippen molar-refractivity contribution in [1.29, 1.82) is 0 Å². The number of hydrogen-bond acceptors (Lipinski definition) is 4. The van der Waals surface area contributed by atoms with Crippen LogP contribution in [0.1, 0.15) is 41.0 Å². The van der Waals surface area contributed by atoms with Gasteiger partial charge in [-0.05, 0) is 18.1 Å². The highest BCUT2D eigenvalue weighted by molar-refractivity contribution is 5.44. The van der Waals surface area contributed by atoms with Crippen LogP contribution in [-0.4, -0.2) is 34.4 Å². The van der Waals surface area contributed by atoms with E-state index >= 15 is 0 Å². The molecular formula is C22H24N2O2. The van der Waals surface area contributed by atoms with Gasteiger partial charge in [0.2, 0.25) is 0 Å². The summed E-state index contributed by atoms with van der Waals surface area (Å²) in [5.41, 5.74) is 4.59. The van der Waals surface area contributed by atoms with Gasteiger partial charge >= 0.3 is 0 Å². The smallest absolute Gasteiger partial charge is 0.142 e.